The Morgan fingerprint density at radius 1 is 1.00 bits per heavy atom. The topological polar surface area (TPSA) is 65.0 Å². The van der Waals surface area contributed by atoms with Crippen molar-refractivity contribution in [2.45, 2.75) is 26.3 Å². The Hall–Kier alpha value is -3.77. The van der Waals surface area contributed by atoms with Gasteiger partial charge in [0.1, 0.15) is 5.71 Å². The Morgan fingerprint density at radius 2 is 1.74 bits per heavy atom. The zero-order valence-corrected chi connectivity index (χ0v) is 20.0. The van der Waals surface area contributed by atoms with Gasteiger partial charge in [0.05, 0.1) is 18.0 Å². The maximum absolute atomic E-state index is 13.4. The highest BCUT2D eigenvalue weighted by Crippen LogP contribution is 2.31. The Labute approximate surface area is 206 Å². The lowest BCUT2D eigenvalue weighted by atomic mass is 10.0. The molecule has 0 bridgehead atoms. The number of nitrogens with zero attached hydrogens (tertiary/aromatic N) is 3. The number of para-hydroxylation sites is 1. The number of hydrogen-bond acceptors (Lipinski definition) is 4. The summed E-state index contributed by atoms with van der Waals surface area (Å²) in [5, 5.41) is 2.94. The third-order valence-electron chi connectivity index (χ3n) is 6.65. The molecule has 0 aromatic heterocycles. The van der Waals surface area contributed by atoms with Crippen LogP contribution >= 0.6 is 0 Å². The van der Waals surface area contributed by atoms with E-state index in [1.54, 1.807) is 24.3 Å². The third kappa shape index (κ3) is 5.17. The summed E-state index contributed by atoms with van der Waals surface area (Å²) < 4.78 is 0. The highest BCUT2D eigenvalue weighted by atomic mass is 16.2. The molecule has 6 heteroatoms. The highest BCUT2D eigenvalue weighted by Gasteiger charge is 2.35. The summed E-state index contributed by atoms with van der Waals surface area (Å²) in [6.07, 6.45) is 2.41. The van der Waals surface area contributed by atoms with Crippen LogP contribution in [0.5, 0.6) is 0 Å². The van der Waals surface area contributed by atoms with Gasteiger partial charge in [-0.05, 0) is 61.2 Å². The van der Waals surface area contributed by atoms with Gasteiger partial charge in [0.25, 0.3) is 11.8 Å². The molecule has 0 saturated carbocycles. The maximum Gasteiger partial charge on any atom is 0.278 e. The average molecular weight is 467 g/mol. The molecule has 2 aliphatic heterocycles. The molecule has 1 saturated heterocycles. The van der Waals surface area contributed by atoms with E-state index < -0.39 is 0 Å². The Bertz CT molecular complexity index is 1240. The quantitative estimate of drug-likeness (QED) is 0.569. The summed E-state index contributed by atoms with van der Waals surface area (Å²) in [5.74, 6) is 0.430. The number of aliphatic imine (C=N–C) groups is 1. The SMILES string of the molecule is CC1CCCN(CN2C(=O)C(=Nc3ccc(C(=O)NCc4ccccc4)cc3)c3ccccc32)C1. The van der Waals surface area contributed by atoms with Crippen LogP contribution in [0.4, 0.5) is 11.4 Å². The molecule has 1 unspecified atom stereocenters. The number of amides is 2. The van der Waals surface area contributed by atoms with Crippen LogP contribution in [-0.4, -0.2) is 42.2 Å². The predicted molar refractivity (Wildman–Crippen MR) is 139 cm³/mol. The van der Waals surface area contributed by atoms with E-state index in [-0.39, 0.29) is 11.8 Å². The lowest BCUT2D eigenvalue weighted by Gasteiger charge is -2.33. The summed E-state index contributed by atoms with van der Waals surface area (Å²) in [5.41, 5.74) is 4.47. The normalized spacial score (nSPS) is 19.1. The molecule has 2 heterocycles. The largest absolute Gasteiger partial charge is 0.348 e. The Balaban J connectivity index is 1.31. The fourth-order valence-electron chi connectivity index (χ4n) is 4.82. The summed E-state index contributed by atoms with van der Waals surface area (Å²) in [7, 11) is 0. The van der Waals surface area contributed by atoms with Crippen molar-refractivity contribution in [2.75, 3.05) is 24.7 Å². The molecule has 0 aliphatic carbocycles. The van der Waals surface area contributed by atoms with Gasteiger partial charge in [-0.25, -0.2) is 4.99 Å². The second kappa shape index (κ2) is 10.2. The van der Waals surface area contributed by atoms with Gasteiger partial charge < -0.3 is 5.32 Å². The van der Waals surface area contributed by atoms with E-state index >= 15 is 0 Å². The molecule has 2 aliphatic rings. The first-order valence-corrected chi connectivity index (χ1v) is 12.2. The van der Waals surface area contributed by atoms with E-state index in [4.69, 9.17) is 4.99 Å². The van der Waals surface area contributed by atoms with Crippen molar-refractivity contribution in [1.29, 1.82) is 0 Å². The molecule has 1 fully saturated rings. The lowest BCUT2D eigenvalue weighted by molar-refractivity contribution is -0.112. The Kier molecular flexibility index (Phi) is 6.73. The molecule has 0 spiro atoms. The smallest absolute Gasteiger partial charge is 0.278 e. The number of fused-ring (bicyclic) bond motifs is 1. The van der Waals surface area contributed by atoms with Crippen LogP contribution in [-0.2, 0) is 11.3 Å². The van der Waals surface area contributed by atoms with Gasteiger partial charge >= 0.3 is 0 Å². The fourth-order valence-corrected chi connectivity index (χ4v) is 4.82. The van der Waals surface area contributed by atoms with Crippen molar-refractivity contribution < 1.29 is 9.59 Å². The van der Waals surface area contributed by atoms with Gasteiger partial charge in [0, 0.05) is 24.2 Å². The van der Waals surface area contributed by atoms with Crippen molar-refractivity contribution >= 4 is 28.9 Å². The number of piperidine rings is 1. The first-order valence-electron chi connectivity index (χ1n) is 12.2. The molecule has 1 N–H and O–H groups in total. The number of anilines is 1. The number of nitrogens with one attached hydrogen (secondary N) is 1. The number of benzene rings is 3. The molecule has 2 amide bonds. The second-order valence-electron chi connectivity index (χ2n) is 9.39. The molecular weight excluding hydrogens is 436 g/mol. The van der Waals surface area contributed by atoms with Crippen molar-refractivity contribution in [1.82, 2.24) is 10.2 Å². The fraction of sp³-hybridized carbons (Fsp3) is 0.276. The van der Waals surface area contributed by atoms with Gasteiger partial charge in [-0.15, -0.1) is 0 Å². The van der Waals surface area contributed by atoms with Crippen molar-refractivity contribution in [2.24, 2.45) is 10.9 Å². The molecule has 0 radical (unpaired) electrons. The predicted octanol–water partition coefficient (Wildman–Crippen LogP) is 4.77. The van der Waals surface area contributed by atoms with E-state index in [1.165, 1.54) is 6.42 Å². The van der Waals surface area contributed by atoms with E-state index in [0.29, 0.717) is 36.1 Å². The van der Waals surface area contributed by atoms with Crippen LogP contribution in [0.3, 0.4) is 0 Å². The van der Waals surface area contributed by atoms with Crippen molar-refractivity contribution in [3.05, 3.63) is 95.6 Å². The molecule has 5 rings (SSSR count). The lowest BCUT2D eigenvalue weighted by Crippen LogP contribution is -2.45. The van der Waals surface area contributed by atoms with Gasteiger partial charge in [0.15, 0.2) is 0 Å². The first kappa shape index (κ1) is 23.0. The summed E-state index contributed by atoms with van der Waals surface area (Å²) in [4.78, 5) is 34.9. The average Bonchev–Trinajstić information content (AvgIpc) is 3.14. The molecule has 6 nitrogen and oxygen atoms in total. The molecular formula is C29H30N4O2. The molecule has 1 atom stereocenters. The monoisotopic (exact) mass is 466 g/mol. The van der Waals surface area contributed by atoms with Crippen LogP contribution in [0, 0.1) is 5.92 Å². The van der Waals surface area contributed by atoms with Crippen molar-refractivity contribution in [3.8, 4) is 0 Å². The molecule has 178 valence electrons. The van der Waals surface area contributed by atoms with Gasteiger partial charge in [-0.2, -0.15) is 0 Å². The molecule has 35 heavy (non-hydrogen) atoms. The number of carbonyl (C=O) groups excluding carboxylic acids is 2. The minimum Gasteiger partial charge on any atom is -0.348 e. The summed E-state index contributed by atoms with van der Waals surface area (Å²) >= 11 is 0. The van der Waals surface area contributed by atoms with E-state index in [2.05, 4.69) is 17.1 Å². The zero-order chi connectivity index (χ0) is 24.2. The number of carbonyl (C=O) groups is 2. The van der Waals surface area contributed by atoms with Crippen LogP contribution in [0.15, 0.2) is 83.9 Å². The standard InChI is InChI=1S/C29H30N4O2/c1-21-8-7-17-32(19-21)20-33-26-12-6-5-11-25(26)27(29(33)35)31-24-15-13-23(14-16-24)28(34)30-18-22-9-3-2-4-10-22/h2-6,9-16,21H,7-8,17-20H2,1H3,(H,30,34). The van der Waals surface area contributed by atoms with Crippen LogP contribution in [0.25, 0.3) is 0 Å². The number of likely N-dealkylation sites (tertiary alicyclic amines) is 1. The van der Waals surface area contributed by atoms with E-state index in [0.717, 1.165) is 36.3 Å². The first-order chi connectivity index (χ1) is 17.1. The van der Waals surface area contributed by atoms with Crippen molar-refractivity contribution in [3.63, 3.8) is 0 Å². The minimum absolute atomic E-state index is 0.0749. The van der Waals surface area contributed by atoms with E-state index in [1.807, 2.05) is 59.5 Å². The van der Waals surface area contributed by atoms with E-state index in [9.17, 15) is 9.59 Å². The van der Waals surface area contributed by atoms with Crippen LogP contribution in [0.2, 0.25) is 0 Å². The van der Waals surface area contributed by atoms with Gasteiger partial charge in [-0.1, -0.05) is 55.5 Å². The second-order valence-corrected chi connectivity index (χ2v) is 9.39. The highest BCUT2D eigenvalue weighted by molar-refractivity contribution is 6.54. The van der Waals surface area contributed by atoms with Crippen LogP contribution in [0.1, 0.15) is 41.3 Å². The van der Waals surface area contributed by atoms with Gasteiger partial charge in [-0.3, -0.25) is 19.4 Å². The summed E-state index contributed by atoms with van der Waals surface area (Å²) in [6, 6.07) is 24.7. The minimum atomic E-state index is -0.141. The van der Waals surface area contributed by atoms with Crippen LogP contribution < -0.4 is 10.2 Å². The summed E-state index contributed by atoms with van der Waals surface area (Å²) in [6.45, 7) is 5.34. The molecule has 3 aromatic rings. The molecule has 3 aromatic carbocycles. The number of rotatable bonds is 6. The zero-order valence-electron chi connectivity index (χ0n) is 20.0. The maximum atomic E-state index is 13.4. The third-order valence-corrected chi connectivity index (χ3v) is 6.65. The Morgan fingerprint density at radius 3 is 2.51 bits per heavy atom. The van der Waals surface area contributed by atoms with Gasteiger partial charge in [0.2, 0.25) is 0 Å². The number of hydrogen-bond donors (Lipinski definition) is 1.